The number of aromatic nitrogens is 1. The van der Waals surface area contributed by atoms with Crippen LogP contribution in [0.5, 0.6) is 0 Å². The van der Waals surface area contributed by atoms with E-state index in [1.165, 1.54) is 9.75 Å². The second-order valence-electron chi connectivity index (χ2n) is 3.35. The minimum atomic E-state index is 0.724. The smallest absolute Gasteiger partial charge is 0.120 e. The Labute approximate surface area is 93.4 Å². The van der Waals surface area contributed by atoms with Crippen molar-refractivity contribution < 1.29 is 0 Å². The second-order valence-corrected chi connectivity index (χ2v) is 4.61. The quantitative estimate of drug-likeness (QED) is 0.775. The fraction of sp³-hybridized carbons (Fsp3) is 0.250. The zero-order chi connectivity index (χ0) is 10.7. The third-order valence-electron chi connectivity index (χ3n) is 2.34. The van der Waals surface area contributed by atoms with Gasteiger partial charge in [-0.25, -0.2) is 0 Å². The SMILES string of the molecule is CCc1ccc(Cn2cccc2C#N)s1. The summed E-state index contributed by atoms with van der Waals surface area (Å²) in [6, 6.07) is 10.2. The van der Waals surface area contributed by atoms with Crippen LogP contribution in [0.4, 0.5) is 0 Å². The molecule has 0 radical (unpaired) electrons. The Kier molecular flexibility index (Phi) is 2.89. The molecule has 15 heavy (non-hydrogen) atoms. The molecule has 76 valence electrons. The topological polar surface area (TPSA) is 28.7 Å². The van der Waals surface area contributed by atoms with E-state index in [-0.39, 0.29) is 0 Å². The summed E-state index contributed by atoms with van der Waals surface area (Å²) >= 11 is 1.82. The van der Waals surface area contributed by atoms with Gasteiger partial charge in [0.05, 0.1) is 6.54 Å². The lowest BCUT2D eigenvalue weighted by Crippen LogP contribution is -1.98. The van der Waals surface area contributed by atoms with Crippen LogP contribution in [0.3, 0.4) is 0 Å². The number of thiophene rings is 1. The molecule has 3 heteroatoms. The average molecular weight is 216 g/mol. The molecule has 2 rings (SSSR count). The van der Waals surface area contributed by atoms with Crippen LogP contribution in [0.1, 0.15) is 22.4 Å². The first-order chi connectivity index (χ1) is 7.33. The Morgan fingerprint density at radius 2 is 2.13 bits per heavy atom. The van der Waals surface area contributed by atoms with Crippen molar-refractivity contribution in [1.29, 1.82) is 5.26 Å². The maximum absolute atomic E-state index is 8.87. The van der Waals surface area contributed by atoms with Crippen LogP contribution in [0.15, 0.2) is 30.5 Å². The summed E-state index contributed by atoms with van der Waals surface area (Å²) in [7, 11) is 0. The summed E-state index contributed by atoms with van der Waals surface area (Å²) in [4.78, 5) is 2.70. The third kappa shape index (κ3) is 2.11. The zero-order valence-corrected chi connectivity index (χ0v) is 9.42. The Hall–Kier alpha value is -1.53. The molecule has 0 N–H and O–H groups in total. The van der Waals surface area contributed by atoms with Gasteiger partial charge in [-0.3, -0.25) is 0 Å². The van der Waals surface area contributed by atoms with E-state index >= 15 is 0 Å². The number of rotatable bonds is 3. The molecule has 2 aromatic rings. The van der Waals surface area contributed by atoms with Crippen LogP contribution in [-0.4, -0.2) is 4.57 Å². The van der Waals surface area contributed by atoms with Crippen molar-refractivity contribution in [2.75, 3.05) is 0 Å². The van der Waals surface area contributed by atoms with Gasteiger partial charge >= 0.3 is 0 Å². The van der Waals surface area contributed by atoms with Gasteiger partial charge in [0.15, 0.2) is 0 Å². The monoisotopic (exact) mass is 216 g/mol. The Morgan fingerprint density at radius 1 is 1.33 bits per heavy atom. The fourth-order valence-corrected chi connectivity index (χ4v) is 2.48. The molecular weight excluding hydrogens is 204 g/mol. The number of aryl methyl sites for hydroxylation is 1. The molecule has 0 unspecified atom stereocenters. The van der Waals surface area contributed by atoms with Crippen molar-refractivity contribution in [1.82, 2.24) is 4.57 Å². The summed E-state index contributed by atoms with van der Waals surface area (Å²) in [5, 5.41) is 8.87. The molecule has 0 aliphatic rings. The van der Waals surface area contributed by atoms with E-state index in [0.29, 0.717) is 0 Å². The zero-order valence-electron chi connectivity index (χ0n) is 8.60. The summed E-state index contributed by atoms with van der Waals surface area (Å²) in [5.41, 5.74) is 0.724. The van der Waals surface area contributed by atoms with E-state index in [1.54, 1.807) is 0 Å². The number of nitriles is 1. The van der Waals surface area contributed by atoms with Crippen LogP contribution in [0.25, 0.3) is 0 Å². The van der Waals surface area contributed by atoms with Gasteiger partial charge in [-0.2, -0.15) is 5.26 Å². The van der Waals surface area contributed by atoms with Gasteiger partial charge in [-0.15, -0.1) is 11.3 Å². The van der Waals surface area contributed by atoms with Crippen molar-refractivity contribution in [2.24, 2.45) is 0 Å². The lowest BCUT2D eigenvalue weighted by molar-refractivity contribution is 0.806. The summed E-state index contributed by atoms with van der Waals surface area (Å²) < 4.78 is 1.98. The van der Waals surface area contributed by atoms with E-state index in [9.17, 15) is 0 Å². The van der Waals surface area contributed by atoms with E-state index in [1.807, 2.05) is 34.2 Å². The number of nitrogens with zero attached hydrogens (tertiary/aromatic N) is 2. The molecule has 0 aromatic carbocycles. The van der Waals surface area contributed by atoms with Gasteiger partial charge in [-0.1, -0.05) is 6.92 Å². The molecule has 0 aliphatic carbocycles. The van der Waals surface area contributed by atoms with Crippen LogP contribution in [0, 0.1) is 11.3 Å². The molecule has 0 saturated heterocycles. The van der Waals surface area contributed by atoms with Gasteiger partial charge < -0.3 is 4.57 Å². The second kappa shape index (κ2) is 4.33. The Balaban J connectivity index is 2.19. The predicted molar refractivity (Wildman–Crippen MR) is 61.9 cm³/mol. The van der Waals surface area contributed by atoms with Gasteiger partial charge in [0.25, 0.3) is 0 Å². The third-order valence-corrected chi connectivity index (χ3v) is 3.55. The lowest BCUT2D eigenvalue weighted by Gasteiger charge is -2.01. The van der Waals surface area contributed by atoms with E-state index in [4.69, 9.17) is 5.26 Å². The first-order valence-corrected chi connectivity index (χ1v) is 5.78. The highest BCUT2D eigenvalue weighted by Gasteiger charge is 2.02. The largest absolute Gasteiger partial charge is 0.334 e. The van der Waals surface area contributed by atoms with Crippen molar-refractivity contribution in [3.05, 3.63) is 45.9 Å². The molecule has 0 atom stereocenters. The maximum atomic E-state index is 8.87. The first kappa shape index (κ1) is 10.0. The Bertz CT molecular complexity index is 488. The molecule has 0 saturated carbocycles. The average Bonchev–Trinajstić information content (AvgIpc) is 2.87. The molecule has 0 amide bonds. The fourth-order valence-electron chi connectivity index (χ4n) is 1.52. The highest BCUT2D eigenvalue weighted by atomic mass is 32.1. The van der Waals surface area contributed by atoms with Crippen molar-refractivity contribution in [2.45, 2.75) is 19.9 Å². The minimum absolute atomic E-state index is 0.724. The molecule has 2 aromatic heterocycles. The molecule has 2 nitrogen and oxygen atoms in total. The maximum Gasteiger partial charge on any atom is 0.120 e. The van der Waals surface area contributed by atoms with Crippen LogP contribution in [0.2, 0.25) is 0 Å². The van der Waals surface area contributed by atoms with Gasteiger partial charge in [-0.05, 0) is 30.7 Å². The standard InChI is InChI=1S/C12H12N2S/c1-2-11-5-6-12(15-11)9-14-7-3-4-10(14)8-13/h3-7H,2,9H2,1H3. The molecule has 0 aliphatic heterocycles. The highest BCUT2D eigenvalue weighted by Crippen LogP contribution is 2.18. The minimum Gasteiger partial charge on any atom is -0.334 e. The molecule has 0 spiro atoms. The highest BCUT2D eigenvalue weighted by molar-refractivity contribution is 7.11. The number of hydrogen-bond acceptors (Lipinski definition) is 2. The van der Waals surface area contributed by atoms with Crippen LogP contribution < -0.4 is 0 Å². The van der Waals surface area contributed by atoms with Crippen molar-refractivity contribution in [3.63, 3.8) is 0 Å². The predicted octanol–water partition coefficient (Wildman–Crippen LogP) is 3.03. The molecule has 0 fully saturated rings. The van der Waals surface area contributed by atoms with E-state index in [0.717, 1.165) is 18.7 Å². The van der Waals surface area contributed by atoms with Gasteiger partial charge in [0, 0.05) is 16.0 Å². The van der Waals surface area contributed by atoms with Gasteiger partial charge in [0.2, 0.25) is 0 Å². The molecular formula is C12H12N2S. The first-order valence-electron chi connectivity index (χ1n) is 4.96. The van der Waals surface area contributed by atoms with Crippen molar-refractivity contribution in [3.8, 4) is 6.07 Å². The Morgan fingerprint density at radius 3 is 2.80 bits per heavy atom. The van der Waals surface area contributed by atoms with E-state index < -0.39 is 0 Å². The lowest BCUT2D eigenvalue weighted by atomic mass is 10.3. The van der Waals surface area contributed by atoms with E-state index in [2.05, 4.69) is 25.1 Å². The van der Waals surface area contributed by atoms with Gasteiger partial charge in [0.1, 0.15) is 11.8 Å². The van der Waals surface area contributed by atoms with Crippen molar-refractivity contribution >= 4 is 11.3 Å². The van der Waals surface area contributed by atoms with Crippen LogP contribution in [-0.2, 0) is 13.0 Å². The summed E-state index contributed by atoms with van der Waals surface area (Å²) in [6.07, 6.45) is 3.03. The summed E-state index contributed by atoms with van der Waals surface area (Å²) in [6.45, 7) is 2.96. The van der Waals surface area contributed by atoms with Crippen LogP contribution >= 0.6 is 11.3 Å². The molecule has 0 bridgehead atoms. The summed E-state index contributed by atoms with van der Waals surface area (Å²) in [5.74, 6) is 0. The molecule has 2 heterocycles. The normalized spacial score (nSPS) is 10.1. The number of hydrogen-bond donors (Lipinski definition) is 0.